The normalized spacial score (nSPS) is 12.3. The lowest BCUT2D eigenvalue weighted by atomic mass is 10.2. The number of fused-ring (bicyclic) bond motifs is 1. The Morgan fingerprint density at radius 1 is 1.17 bits per heavy atom. The Labute approximate surface area is 188 Å². The summed E-state index contributed by atoms with van der Waals surface area (Å²) in [5, 5.41) is 0.947. The Kier molecular flexibility index (Phi) is 7.04. The van der Waals surface area contributed by atoms with Crippen molar-refractivity contribution in [2.75, 3.05) is 5.75 Å². The number of benzene rings is 2. The summed E-state index contributed by atoms with van der Waals surface area (Å²) >= 11 is 13.7. The molecule has 1 amide bonds. The summed E-state index contributed by atoms with van der Waals surface area (Å²) in [5.74, 6) is 1.96. The Hall–Kier alpha value is -2.11. The third-order valence-corrected chi connectivity index (χ3v) is 8.04. The van der Waals surface area contributed by atoms with E-state index in [2.05, 4.69) is 10.9 Å². The van der Waals surface area contributed by atoms with Crippen LogP contribution in [0.1, 0.15) is 18.4 Å². The number of hydrogen-bond donors (Lipinski definition) is 0. The molecule has 0 radical (unpaired) electrons. The first-order valence-corrected chi connectivity index (χ1v) is 12.2. The summed E-state index contributed by atoms with van der Waals surface area (Å²) in [6, 6.07) is 9.97. The number of hydrogen-bond acceptors (Lipinski definition) is 4. The van der Waals surface area contributed by atoms with Crippen molar-refractivity contribution in [3.8, 4) is 12.3 Å². The van der Waals surface area contributed by atoms with Crippen LogP contribution in [-0.2, 0) is 21.2 Å². The van der Waals surface area contributed by atoms with Gasteiger partial charge in [-0.05, 0) is 37.6 Å². The fourth-order valence-corrected chi connectivity index (χ4v) is 5.85. The number of rotatable bonds is 6. The summed E-state index contributed by atoms with van der Waals surface area (Å²) in [4.78, 5) is 17.2. The van der Waals surface area contributed by atoms with E-state index in [9.17, 15) is 13.2 Å². The van der Waals surface area contributed by atoms with Crippen LogP contribution in [0.3, 0.4) is 0 Å². The first-order chi connectivity index (χ1) is 14.2. The zero-order valence-corrected chi connectivity index (χ0v) is 19.2. The van der Waals surface area contributed by atoms with E-state index in [1.54, 1.807) is 41.0 Å². The quantitative estimate of drug-likeness (QED) is 0.482. The molecule has 0 N–H and O–H groups in total. The molecule has 9 heteroatoms. The molecule has 0 aliphatic heterocycles. The maximum absolute atomic E-state index is 12.4. The predicted molar refractivity (Wildman–Crippen MR) is 122 cm³/mol. The SMILES string of the molecule is C#CCn1c(=NC(=O)CCCS(=O)(=O)c2ccc(C)cc2)sc2c(Cl)ccc(Cl)c21. The van der Waals surface area contributed by atoms with E-state index < -0.39 is 15.7 Å². The number of carbonyl (C=O) groups is 1. The molecular formula is C21H18Cl2N2O3S2. The van der Waals surface area contributed by atoms with E-state index in [-0.39, 0.29) is 30.0 Å². The van der Waals surface area contributed by atoms with Crippen molar-refractivity contribution < 1.29 is 13.2 Å². The molecule has 3 rings (SSSR count). The Morgan fingerprint density at radius 2 is 1.83 bits per heavy atom. The lowest BCUT2D eigenvalue weighted by Crippen LogP contribution is -2.17. The van der Waals surface area contributed by atoms with Gasteiger partial charge in [-0.1, -0.05) is 58.2 Å². The van der Waals surface area contributed by atoms with Crippen molar-refractivity contribution in [2.24, 2.45) is 4.99 Å². The van der Waals surface area contributed by atoms with Gasteiger partial charge in [0.05, 0.1) is 37.5 Å². The largest absolute Gasteiger partial charge is 0.303 e. The maximum Gasteiger partial charge on any atom is 0.248 e. The average molecular weight is 481 g/mol. The van der Waals surface area contributed by atoms with Gasteiger partial charge in [0.1, 0.15) is 0 Å². The van der Waals surface area contributed by atoms with Crippen molar-refractivity contribution in [3.63, 3.8) is 0 Å². The molecule has 2 aromatic carbocycles. The van der Waals surface area contributed by atoms with Gasteiger partial charge in [0, 0.05) is 6.42 Å². The van der Waals surface area contributed by atoms with Crippen LogP contribution in [0.15, 0.2) is 46.3 Å². The number of aryl methyl sites for hydroxylation is 1. The van der Waals surface area contributed by atoms with Crippen LogP contribution in [-0.4, -0.2) is 24.6 Å². The highest BCUT2D eigenvalue weighted by Gasteiger charge is 2.16. The molecule has 1 heterocycles. The zero-order chi connectivity index (χ0) is 21.9. The lowest BCUT2D eigenvalue weighted by molar-refractivity contribution is -0.118. The molecule has 5 nitrogen and oxygen atoms in total. The standard InChI is InChI=1S/C21H18Cl2N2O3S2/c1-3-12-25-19-16(22)10-11-17(23)20(19)29-21(25)24-18(26)5-4-13-30(27,28)15-8-6-14(2)7-9-15/h1,6-11H,4-5,12-13H2,2H3. The summed E-state index contributed by atoms with van der Waals surface area (Å²) in [7, 11) is -3.45. The molecule has 0 spiro atoms. The first kappa shape index (κ1) is 22.6. The van der Waals surface area contributed by atoms with Crippen LogP contribution in [0.2, 0.25) is 10.0 Å². The van der Waals surface area contributed by atoms with E-state index in [1.807, 2.05) is 6.92 Å². The molecule has 0 aliphatic rings. The fourth-order valence-electron chi connectivity index (χ4n) is 2.87. The minimum absolute atomic E-state index is 0.00312. The Bertz CT molecular complexity index is 1320. The van der Waals surface area contributed by atoms with Gasteiger partial charge >= 0.3 is 0 Å². The Balaban J connectivity index is 1.80. The number of terminal acetylenes is 1. The Morgan fingerprint density at radius 3 is 2.50 bits per heavy atom. The fraction of sp³-hybridized carbons (Fsp3) is 0.238. The van der Waals surface area contributed by atoms with E-state index >= 15 is 0 Å². The van der Waals surface area contributed by atoms with Crippen LogP contribution < -0.4 is 4.80 Å². The number of halogens is 2. The number of nitrogens with zero attached hydrogens (tertiary/aromatic N) is 2. The van der Waals surface area contributed by atoms with E-state index in [0.717, 1.165) is 5.56 Å². The first-order valence-electron chi connectivity index (χ1n) is 9.00. The number of thiazole rings is 1. The predicted octanol–water partition coefficient (Wildman–Crippen LogP) is 4.63. The van der Waals surface area contributed by atoms with E-state index in [0.29, 0.717) is 25.1 Å². The molecular weight excluding hydrogens is 463 g/mol. The highest BCUT2D eigenvalue weighted by atomic mass is 35.5. The molecule has 0 saturated carbocycles. The van der Waals surface area contributed by atoms with Crippen molar-refractivity contribution in [1.29, 1.82) is 0 Å². The molecule has 0 aliphatic carbocycles. The monoisotopic (exact) mass is 480 g/mol. The highest BCUT2D eigenvalue weighted by molar-refractivity contribution is 7.91. The molecule has 30 heavy (non-hydrogen) atoms. The third kappa shape index (κ3) is 4.96. The second kappa shape index (κ2) is 9.36. The van der Waals surface area contributed by atoms with Gasteiger partial charge < -0.3 is 4.57 Å². The van der Waals surface area contributed by atoms with Crippen molar-refractivity contribution in [3.05, 3.63) is 56.8 Å². The second-order valence-corrected chi connectivity index (χ2v) is 10.5. The minimum Gasteiger partial charge on any atom is -0.303 e. The molecule has 3 aromatic rings. The van der Waals surface area contributed by atoms with Gasteiger partial charge in [-0.3, -0.25) is 4.79 Å². The van der Waals surface area contributed by atoms with Crippen LogP contribution in [0.5, 0.6) is 0 Å². The van der Waals surface area contributed by atoms with Crippen molar-refractivity contribution in [1.82, 2.24) is 4.57 Å². The molecule has 156 valence electrons. The molecule has 0 atom stereocenters. The number of sulfone groups is 1. The second-order valence-electron chi connectivity index (χ2n) is 6.62. The van der Waals surface area contributed by atoms with Gasteiger partial charge in [-0.2, -0.15) is 4.99 Å². The summed E-state index contributed by atoms with van der Waals surface area (Å²) in [5.41, 5.74) is 1.60. The van der Waals surface area contributed by atoms with Gasteiger partial charge in [0.2, 0.25) is 5.91 Å². The van der Waals surface area contributed by atoms with Crippen molar-refractivity contribution >= 4 is 60.5 Å². The maximum atomic E-state index is 12.4. The average Bonchev–Trinajstić information content (AvgIpc) is 3.04. The summed E-state index contributed by atoms with van der Waals surface area (Å²) < 4.78 is 27.2. The number of aromatic nitrogens is 1. The molecule has 0 fully saturated rings. The van der Waals surface area contributed by atoms with Crippen LogP contribution in [0.4, 0.5) is 0 Å². The van der Waals surface area contributed by atoms with Gasteiger partial charge in [-0.15, -0.1) is 6.42 Å². The minimum atomic E-state index is -3.45. The summed E-state index contributed by atoms with van der Waals surface area (Å²) in [6.45, 7) is 2.06. The van der Waals surface area contributed by atoms with Gasteiger partial charge in [0.15, 0.2) is 14.6 Å². The highest BCUT2D eigenvalue weighted by Crippen LogP contribution is 2.31. The third-order valence-electron chi connectivity index (χ3n) is 4.38. The van der Waals surface area contributed by atoms with Crippen LogP contribution in [0, 0.1) is 19.3 Å². The van der Waals surface area contributed by atoms with Crippen molar-refractivity contribution in [2.45, 2.75) is 31.2 Å². The van der Waals surface area contributed by atoms with E-state index in [4.69, 9.17) is 29.6 Å². The molecule has 0 bridgehead atoms. The smallest absolute Gasteiger partial charge is 0.248 e. The van der Waals surface area contributed by atoms with Crippen LogP contribution >= 0.6 is 34.5 Å². The summed E-state index contributed by atoms with van der Waals surface area (Å²) in [6.07, 6.45) is 5.62. The van der Waals surface area contributed by atoms with Gasteiger partial charge in [-0.25, -0.2) is 8.42 Å². The number of amides is 1. The number of carbonyl (C=O) groups excluding carboxylic acids is 1. The molecule has 0 saturated heterocycles. The lowest BCUT2D eigenvalue weighted by Gasteiger charge is -2.04. The van der Waals surface area contributed by atoms with E-state index in [1.165, 1.54) is 11.3 Å². The zero-order valence-electron chi connectivity index (χ0n) is 16.1. The topological polar surface area (TPSA) is 68.5 Å². The molecule has 1 aromatic heterocycles. The van der Waals surface area contributed by atoms with Crippen LogP contribution in [0.25, 0.3) is 10.2 Å². The van der Waals surface area contributed by atoms with Gasteiger partial charge in [0.25, 0.3) is 0 Å². The molecule has 0 unspecified atom stereocenters.